The first-order chi connectivity index (χ1) is 11.1. The highest BCUT2D eigenvalue weighted by Gasteiger charge is 2.25. The number of aromatic amines is 1. The molecule has 1 aliphatic heterocycles. The lowest BCUT2D eigenvalue weighted by molar-refractivity contribution is 0.120. The van der Waals surface area contributed by atoms with E-state index in [0.29, 0.717) is 6.04 Å². The largest absolute Gasteiger partial charge is 0.497 e. The van der Waals surface area contributed by atoms with Crippen LogP contribution in [0.15, 0.2) is 18.2 Å². The monoisotopic (exact) mass is 316 g/mol. The van der Waals surface area contributed by atoms with Gasteiger partial charge < -0.3 is 9.64 Å². The molecule has 0 saturated carbocycles. The molecule has 2 heterocycles. The Morgan fingerprint density at radius 1 is 1.35 bits per heavy atom. The zero-order chi connectivity index (χ0) is 16.4. The molecule has 1 saturated heterocycles. The first-order valence-electron chi connectivity index (χ1n) is 8.48. The van der Waals surface area contributed by atoms with Crippen LogP contribution in [0.25, 0.3) is 10.9 Å². The van der Waals surface area contributed by atoms with E-state index in [4.69, 9.17) is 4.74 Å². The van der Waals surface area contributed by atoms with Gasteiger partial charge in [-0.1, -0.05) is 0 Å². The minimum atomic E-state index is 0.661. The maximum Gasteiger partial charge on any atom is 0.119 e. The standard InChI is InChI=1S/C18H28N4O/c1-13(21(2)3)14-7-9-22(10-8-14)12-18-16-11-15(23-4)5-6-17(16)19-20-18/h5-6,11,13-14H,7-10,12H2,1-4H3,(H,19,20). The molecule has 0 radical (unpaired) electrons. The highest BCUT2D eigenvalue weighted by molar-refractivity contribution is 5.82. The maximum atomic E-state index is 5.34. The lowest BCUT2D eigenvalue weighted by Gasteiger charge is -2.37. The summed E-state index contributed by atoms with van der Waals surface area (Å²) in [5.74, 6) is 1.69. The second-order valence-electron chi connectivity index (χ2n) is 6.90. The zero-order valence-corrected chi connectivity index (χ0v) is 14.7. The van der Waals surface area contributed by atoms with E-state index in [1.807, 2.05) is 12.1 Å². The van der Waals surface area contributed by atoms with Crippen molar-refractivity contribution < 1.29 is 4.74 Å². The third kappa shape index (κ3) is 3.51. The van der Waals surface area contributed by atoms with Gasteiger partial charge in [-0.3, -0.25) is 10.00 Å². The Morgan fingerprint density at radius 3 is 2.74 bits per heavy atom. The van der Waals surface area contributed by atoms with Crippen LogP contribution in [-0.2, 0) is 6.54 Å². The van der Waals surface area contributed by atoms with E-state index in [2.05, 4.69) is 47.1 Å². The maximum absolute atomic E-state index is 5.34. The molecular formula is C18H28N4O. The molecule has 0 aliphatic carbocycles. The molecule has 126 valence electrons. The molecule has 1 aliphatic rings. The summed E-state index contributed by atoms with van der Waals surface area (Å²) in [7, 11) is 6.07. The topological polar surface area (TPSA) is 44.4 Å². The Kier molecular flexibility index (Phi) is 4.87. The summed E-state index contributed by atoms with van der Waals surface area (Å²) in [6.07, 6.45) is 2.55. The molecule has 1 aromatic carbocycles. The molecule has 23 heavy (non-hydrogen) atoms. The van der Waals surface area contributed by atoms with Gasteiger partial charge in [0, 0.05) is 18.0 Å². The molecule has 2 aromatic rings. The Hall–Kier alpha value is -1.59. The van der Waals surface area contributed by atoms with Gasteiger partial charge >= 0.3 is 0 Å². The van der Waals surface area contributed by atoms with Crippen molar-refractivity contribution in [1.29, 1.82) is 0 Å². The van der Waals surface area contributed by atoms with Gasteiger partial charge in [0.05, 0.1) is 18.3 Å². The number of hydrogen-bond acceptors (Lipinski definition) is 4. The van der Waals surface area contributed by atoms with Gasteiger partial charge in [0.1, 0.15) is 5.75 Å². The van der Waals surface area contributed by atoms with Crippen molar-refractivity contribution in [3.8, 4) is 5.75 Å². The zero-order valence-electron chi connectivity index (χ0n) is 14.7. The smallest absolute Gasteiger partial charge is 0.119 e. The minimum absolute atomic E-state index is 0.661. The van der Waals surface area contributed by atoms with Gasteiger partial charge in [0.15, 0.2) is 0 Å². The Bertz CT molecular complexity index is 644. The molecular weight excluding hydrogens is 288 g/mol. The number of nitrogens with one attached hydrogen (secondary N) is 1. The van der Waals surface area contributed by atoms with Crippen molar-refractivity contribution >= 4 is 10.9 Å². The van der Waals surface area contributed by atoms with Crippen LogP contribution in [0.4, 0.5) is 0 Å². The highest BCUT2D eigenvalue weighted by atomic mass is 16.5. The average Bonchev–Trinajstić information content (AvgIpc) is 2.97. The summed E-state index contributed by atoms with van der Waals surface area (Å²) < 4.78 is 5.34. The number of fused-ring (bicyclic) bond motifs is 1. The predicted molar refractivity (Wildman–Crippen MR) is 93.8 cm³/mol. The molecule has 5 heteroatoms. The van der Waals surface area contributed by atoms with Crippen molar-refractivity contribution in [2.75, 3.05) is 34.3 Å². The van der Waals surface area contributed by atoms with Gasteiger partial charge in [-0.25, -0.2) is 0 Å². The van der Waals surface area contributed by atoms with Crippen molar-refractivity contribution in [3.63, 3.8) is 0 Å². The molecule has 0 spiro atoms. The van der Waals surface area contributed by atoms with Crippen LogP contribution in [0.3, 0.4) is 0 Å². The number of benzene rings is 1. The van der Waals surface area contributed by atoms with Crippen molar-refractivity contribution in [2.24, 2.45) is 5.92 Å². The Balaban J connectivity index is 1.65. The first-order valence-corrected chi connectivity index (χ1v) is 8.48. The molecule has 5 nitrogen and oxygen atoms in total. The molecule has 1 aromatic heterocycles. The lowest BCUT2D eigenvalue weighted by Crippen LogP contribution is -2.41. The molecule has 1 fully saturated rings. The number of methoxy groups -OCH3 is 1. The van der Waals surface area contributed by atoms with Crippen LogP contribution in [0, 0.1) is 5.92 Å². The number of aromatic nitrogens is 2. The summed E-state index contributed by atoms with van der Waals surface area (Å²) in [5, 5.41) is 8.80. The summed E-state index contributed by atoms with van der Waals surface area (Å²) >= 11 is 0. The van der Waals surface area contributed by atoms with Crippen LogP contribution in [0.5, 0.6) is 5.75 Å². The van der Waals surface area contributed by atoms with Gasteiger partial charge in [-0.2, -0.15) is 5.10 Å². The summed E-state index contributed by atoms with van der Waals surface area (Å²) in [6, 6.07) is 6.71. The van der Waals surface area contributed by atoms with Crippen molar-refractivity contribution in [3.05, 3.63) is 23.9 Å². The predicted octanol–water partition coefficient (Wildman–Crippen LogP) is 2.73. The second-order valence-corrected chi connectivity index (χ2v) is 6.90. The van der Waals surface area contributed by atoms with Gasteiger partial charge in [-0.05, 0) is 71.1 Å². The molecule has 0 bridgehead atoms. The second kappa shape index (κ2) is 6.89. The van der Waals surface area contributed by atoms with E-state index < -0.39 is 0 Å². The fourth-order valence-corrected chi connectivity index (χ4v) is 3.53. The van der Waals surface area contributed by atoms with Crippen LogP contribution < -0.4 is 4.74 Å². The number of ether oxygens (including phenoxy) is 1. The van der Waals surface area contributed by atoms with Crippen molar-refractivity contribution in [1.82, 2.24) is 20.0 Å². The number of piperidine rings is 1. The van der Waals surface area contributed by atoms with Gasteiger partial charge in [-0.15, -0.1) is 0 Å². The molecule has 1 unspecified atom stereocenters. The van der Waals surface area contributed by atoms with Crippen LogP contribution >= 0.6 is 0 Å². The molecule has 1 atom stereocenters. The fraction of sp³-hybridized carbons (Fsp3) is 0.611. The van der Waals surface area contributed by atoms with E-state index in [-0.39, 0.29) is 0 Å². The third-order valence-corrected chi connectivity index (χ3v) is 5.35. The minimum Gasteiger partial charge on any atom is -0.497 e. The number of likely N-dealkylation sites (tertiary alicyclic amines) is 1. The molecule has 1 N–H and O–H groups in total. The number of nitrogens with zero attached hydrogens (tertiary/aromatic N) is 3. The average molecular weight is 316 g/mol. The van der Waals surface area contributed by atoms with E-state index in [1.54, 1.807) is 7.11 Å². The Morgan fingerprint density at radius 2 is 2.09 bits per heavy atom. The van der Waals surface area contributed by atoms with Gasteiger partial charge in [0.25, 0.3) is 0 Å². The third-order valence-electron chi connectivity index (χ3n) is 5.35. The van der Waals surface area contributed by atoms with E-state index in [0.717, 1.165) is 36.8 Å². The van der Waals surface area contributed by atoms with E-state index in [1.165, 1.54) is 23.9 Å². The van der Waals surface area contributed by atoms with Crippen molar-refractivity contribution in [2.45, 2.75) is 32.4 Å². The molecule has 3 rings (SSSR count). The fourth-order valence-electron chi connectivity index (χ4n) is 3.53. The van der Waals surface area contributed by atoms with Crippen LogP contribution in [-0.4, -0.2) is 60.3 Å². The van der Waals surface area contributed by atoms with E-state index >= 15 is 0 Å². The SMILES string of the molecule is COc1ccc2n[nH]c(CN3CCC(C(C)N(C)C)CC3)c2c1. The van der Waals surface area contributed by atoms with Crippen LogP contribution in [0.2, 0.25) is 0 Å². The number of hydrogen-bond donors (Lipinski definition) is 1. The molecule has 0 amide bonds. The number of rotatable bonds is 5. The van der Waals surface area contributed by atoms with Crippen LogP contribution in [0.1, 0.15) is 25.5 Å². The normalized spacial score (nSPS) is 18.7. The summed E-state index contributed by atoms with van der Waals surface area (Å²) in [4.78, 5) is 4.88. The van der Waals surface area contributed by atoms with E-state index in [9.17, 15) is 0 Å². The number of H-pyrrole nitrogens is 1. The lowest BCUT2D eigenvalue weighted by atomic mass is 9.89. The summed E-state index contributed by atoms with van der Waals surface area (Å²) in [5.41, 5.74) is 2.20. The first kappa shape index (κ1) is 16.3. The van der Waals surface area contributed by atoms with Gasteiger partial charge in [0.2, 0.25) is 0 Å². The Labute approximate surface area is 138 Å². The quantitative estimate of drug-likeness (QED) is 0.921. The highest BCUT2D eigenvalue weighted by Crippen LogP contribution is 2.26. The summed E-state index contributed by atoms with van der Waals surface area (Å²) in [6.45, 7) is 5.60.